The number of fused-ring (bicyclic) bond motifs is 1. The summed E-state index contributed by atoms with van der Waals surface area (Å²) in [5.41, 5.74) is 8.14. The fraction of sp³-hybridized carbons (Fsp3) is 0.231. The third-order valence-electron chi connectivity index (χ3n) is 5.77. The predicted molar refractivity (Wildman–Crippen MR) is 128 cm³/mol. The molecule has 1 amide bonds. The summed E-state index contributed by atoms with van der Waals surface area (Å²) in [5, 5.41) is 5.51. The lowest BCUT2D eigenvalue weighted by atomic mass is 9.96. The average Bonchev–Trinajstić information content (AvgIpc) is 3.19. The zero-order valence-corrected chi connectivity index (χ0v) is 19.4. The minimum Gasteiger partial charge on any atom is -0.366 e. The van der Waals surface area contributed by atoms with E-state index < -0.39 is 17.6 Å². The van der Waals surface area contributed by atoms with E-state index in [-0.39, 0.29) is 11.1 Å². The van der Waals surface area contributed by atoms with Crippen molar-refractivity contribution in [1.82, 2.24) is 9.78 Å². The topological polar surface area (TPSA) is 60.9 Å². The summed E-state index contributed by atoms with van der Waals surface area (Å²) in [6.07, 6.45) is -1.89. The normalized spacial score (nSPS) is 12.9. The Morgan fingerprint density at radius 3 is 2.35 bits per heavy atom. The van der Waals surface area contributed by atoms with Gasteiger partial charge in [-0.25, -0.2) is 0 Å². The molecule has 0 spiro atoms. The number of nitrogens with zero attached hydrogens (tertiary/aromatic N) is 2. The molecule has 4 aromatic rings. The second kappa shape index (κ2) is 9.14. The predicted octanol–water partition coefficient (Wildman–Crippen LogP) is 7.11. The lowest BCUT2D eigenvalue weighted by Crippen LogP contribution is -2.15. The Kier molecular flexibility index (Phi) is 6.41. The van der Waals surface area contributed by atoms with E-state index in [1.807, 2.05) is 35.0 Å². The lowest BCUT2D eigenvalue weighted by Gasteiger charge is -2.21. The molecule has 1 atom stereocenters. The van der Waals surface area contributed by atoms with Gasteiger partial charge in [0.25, 0.3) is 0 Å². The number of hydrogen-bond acceptors (Lipinski definition) is 2. The van der Waals surface area contributed by atoms with Gasteiger partial charge in [-0.3, -0.25) is 9.48 Å². The molecule has 3 aromatic carbocycles. The molecular weight excluding hydrogens is 463 g/mol. The second-order valence-electron chi connectivity index (χ2n) is 8.69. The third kappa shape index (κ3) is 4.80. The number of amides is 1. The first-order chi connectivity index (χ1) is 16.0. The van der Waals surface area contributed by atoms with Crippen LogP contribution in [-0.2, 0) is 6.18 Å². The van der Waals surface area contributed by atoms with Gasteiger partial charge in [-0.05, 0) is 59.9 Å². The van der Waals surface area contributed by atoms with Gasteiger partial charge < -0.3 is 5.73 Å². The molecule has 0 aliphatic rings. The average molecular weight is 486 g/mol. The van der Waals surface area contributed by atoms with Crippen LogP contribution in [0.4, 0.5) is 13.2 Å². The van der Waals surface area contributed by atoms with E-state index in [9.17, 15) is 18.0 Å². The monoisotopic (exact) mass is 485 g/mol. The Bertz CT molecular complexity index is 1340. The van der Waals surface area contributed by atoms with Gasteiger partial charge in [-0.2, -0.15) is 18.3 Å². The van der Waals surface area contributed by atoms with Gasteiger partial charge in [0.05, 0.1) is 23.3 Å². The maximum absolute atomic E-state index is 13.0. The number of hydrogen-bond donors (Lipinski definition) is 1. The van der Waals surface area contributed by atoms with Crippen molar-refractivity contribution >= 4 is 28.4 Å². The molecule has 0 saturated heterocycles. The first-order valence-corrected chi connectivity index (χ1v) is 11.2. The van der Waals surface area contributed by atoms with E-state index in [1.165, 1.54) is 6.07 Å². The van der Waals surface area contributed by atoms with Crippen LogP contribution in [0.1, 0.15) is 47.8 Å². The van der Waals surface area contributed by atoms with Gasteiger partial charge in [0.2, 0.25) is 5.91 Å². The lowest BCUT2D eigenvalue weighted by molar-refractivity contribution is -0.137. The minimum absolute atomic E-state index is 0.0359. The van der Waals surface area contributed by atoms with Crippen molar-refractivity contribution in [2.24, 2.45) is 11.7 Å². The Morgan fingerprint density at radius 2 is 1.76 bits per heavy atom. The Morgan fingerprint density at radius 1 is 1.06 bits per heavy atom. The van der Waals surface area contributed by atoms with Gasteiger partial charge in [-0.15, -0.1) is 0 Å². The van der Waals surface area contributed by atoms with Crippen LogP contribution in [0.3, 0.4) is 0 Å². The summed E-state index contributed by atoms with van der Waals surface area (Å²) >= 11 is 6.20. The summed E-state index contributed by atoms with van der Waals surface area (Å²) in [7, 11) is 0. The van der Waals surface area contributed by atoms with Crippen molar-refractivity contribution in [2.45, 2.75) is 32.5 Å². The van der Waals surface area contributed by atoms with E-state index in [0.29, 0.717) is 22.6 Å². The molecule has 1 aromatic heterocycles. The molecule has 0 aliphatic heterocycles. The molecule has 0 saturated carbocycles. The van der Waals surface area contributed by atoms with Gasteiger partial charge >= 0.3 is 6.18 Å². The molecule has 176 valence electrons. The zero-order chi connectivity index (χ0) is 24.6. The van der Waals surface area contributed by atoms with Crippen LogP contribution in [0.5, 0.6) is 0 Å². The number of aromatic nitrogens is 2. The highest BCUT2D eigenvalue weighted by molar-refractivity contribution is 6.33. The maximum Gasteiger partial charge on any atom is 0.416 e. The molecular formula is C26H23ClF3N3O. The van der Waals surface area contributed by atoms with Crippen molar-refractivity contribution in [2.75, 3.05) is 0 Å². The Balaban J connectivity index is 1.73. The molecule has 4 nitrogen and oxygen atoms in total. The molecule has 2 N–H and O–H groups in total. The second-order valence-corrected chi connectivity index (χ2v) is 9.09. The molecule has 0 aliphatic carbocycles. The fourth-order valence-electron chi connectivity index (χ4n) is 4.09. The van der Waals surface area contributed by atoms with Gasteiger partial charge in [-0.1, -0.05) is 49.7 Å². The number of nitrogens with two attached hydrogens (primary N) is 1. The SMILES string of the molecule is CC(C)CC(c1ccc(C(N)=O)cc1)n1ncc2cc(-c3ccc(C(F)(F)F)cc3Cl)ccc21. The van der Waals surface area contributed by atoms with Crippen molar-refractivity contribution in [3.05, 3.63) is 88.6 Å². The Labute approximate surface area is 200 Å². The number of alkyl halides is 3. The number of carbonyl (C=O) groups is 1. The van der Waals surface area contributed by atoms with E-state index in [2.05, 4.69) is 18.9 Å². The molecule has 1 heterocycles. The summed E-state index contributed by atoms with van der Waals surface area (Å²) in [6.45, 7) is 4.25. The highest BCUT2D eigenvalue weighted by Crippen LogP contribution is 2.37. The minimum atomic E-state index is -4.45. The van der Waals surface area contributed by atoms with Crippen LogP contribution < -0.4 is 5.73 Å². The van der Waals surface area contributed by atoms with E-state index in [4.69, 9.17) is 17.3 Å². The highest BCUT2D eigenvalue weighted by atomic mass is 35.5. The van der Waals surface area contributed by atoms with Crippen LogP contribution >= 0.6 is 11.6 Å². The standard InChI is InChI=1S/C26H23ClF3N3O/c1-15(2)11-24(16-3-5-17(6-4-16)25(31)34)33-23-10-7-18(12-19(23)14-32-33)21-9-8-20(13-22(21)27)26(28,29)30/h3-10,12-15,24H,11H2,1-2H3,(H2,31,34). The number of halogens is 4. The van der Waals surface area contributed by atoms with Crippen LogP contribution in [0.15, 0.2) is 66.9 Å². The Hall–Kier alpha value is -3.32. The first kappa shape index (κ1) is 23.8. The fourth-order valence-corrected chi connectivity index (χ4v) is 4.38. The molecule has 4 rings (SSSR count). The maximum atomic E-state index is 13.0. The molecule has 34 heavy (non-hydrogen) atoms. The third-order valence-corrected chi connectivity index (χ3v) is 6.09. The summed E-state index contributed by atoms with van der Waals surface area (Å²) in [5.74, 6) is -0.101. The van der Waals surface area contributed by atoms with E-state index in [1.54, 1.807) is 18.3 Å². The number of rotatable bonds is 6. The summed E-state index contributed by atoms with van der Waals surface area (Å²) in [4.78, 5) is 11.4. The smallest absolute Gasteiger partial charge is 0.366 e. The van der Waals surface area contributed by atoms with Crippen molar-refractivity contribution in [3.63, 3.8) is 0 Å². The van der Waals surface area contributed by atoms with E-state index >= 15 is 0 Å². The summed E-state index contributed by atoms with van der Waals surface area (Å²) < 4.78 is 40.9. The first-order valence-electron chi connectivity index (χ1n) is 10.8. The number of carbonyl (C=O) groups excluding carboxylic acids is 1. The van der Waals surface area contributed by atoms with Crippen molar-refractivity contribution in [1.29, 1.82) is 0 Å². The molecule has 0 radical (unpaired) electrons. The number of benzene rings is 3. The number of primary amides is 1. The highest BCUT2D eigenvalue weighted by Gasteiger charge is 2.31. The zero-order valence-electron chi connectivity index (χ0n) is 18.6. The molecule has 8 heteroatoms. The molecule has 1 unspecified atom stereocenters. The molecule has 0 fully saturated rings. The van der Waals surface area contributed by atoms with Crippen LogP contribution in [0, 0.1) is 5.92 Å². The van der Waals surface area contributed by atoms with Crippen LogP contribution in [0.2, 0.25) is 5.02 Å². The molecule has 0 bridgehead atoms. The summed E-state index contributed by atoms with van der Waals surface area (Å²) in [6, 6.07) is 16.1. The van der Waals surface area contributed by atoms with Crippen molar-refractivity contribution in [3.8, 4) is 11.1 Å². The van der Waals surface area contributed by atoms with Gasteiger partial charge in [0.15, 0.2) is 0 Å². The quantitative estimate of drug-likeness (QED) is 0.316. The largest absolute Gasteiger partial charge is 0.416 e. The van der Waals surface area contributed by atoms with Gasteiger partial charge in [0, 0.05) is 21.5 Å². The van der Waals surface area contributed by atoms with Crippen LogP contribution in [-0.4, -0.2) is 15.7 Å². The van der Waals surface area contributed by atoms with Crippen molar-refractivity contribution < 1.29 is 18.0 Å². The van der Waals surface area contributed by atoms with Crippen LogP contribution in [0.25, 0.3) is 22.0 Å². The van der Waals surface area contributed by atoms with E-state index in [0.717, 1.165) is 35.0 Å². The van der Waals surface area contributed by atoms with Gasteiger partial charge in [0.1, 0.15) is 0 Å².